The van der Waals surface area contributed by atoms with Crippen LogP contribution in [0.15, 0.2) is 11.4 Å². The van der Waals surface area contributed by atoms with Crippen molar-refractivity contribution in [1.29, 1.82) is 5.26 Å². The van der Waals surface area contributed by atoms with Crippen molar-refractivity contribution >= 4 is 28.8 Å². The third-order valence-electron chi connectivity index (χ3n) is 4.44. The lowest BCUT2D eigenvalue weighted by atomic mass is 9.96. The van der Waals surface area contributed by atoms with E-state index in [4.69, 9.17) is 21.6 Å². The second-order valence-electron chi connectivity index (χ2n) is 6.13. The van der Waals surface area contributed by atoms with Gasteiger partial charge < -0.3 is 10.1 Å². The Morgan fingerprint density at radius 3 is 3.04 bits per heavy atom. The molecule has 3 heterocycles. The largest absolute Gasteiger partial charge is 0.383 e. The van der Waals surface area contributed by atoms with E-state index < -0.39 is 0 Å². The number of halogens is 1. The van der Waals surface area contributed by atoms with Crippen molar-refractivity contribution in [3.8, 4) is 6.07 Å². The molecule has 0 saturated carbocycles. The van der Waals surface area contributed by atoms with Gasteiger partial charge in [-0.1, -0.05) is 11.6 Å². The maximum absolute atomic E-state index is 8.99. The van der Waals surface area contributed by atoms with Crippen molar-refractivity contribution in [3.05, 3.63) is 43.7 Å². The number of hydrogen-bond acceptors (Lipinski definition) is 6. The zero-order valence-corrected chi connectivity index (χ0v) is 16.0. The fraction of sp³-hybridized carbons (Fsp3) is 0.444. The van der Waals surface area contributed by atoms with Crippen LogP contribution in [0.4, 0.5) is 5.82 Å². The Morgan fingerprint density at radius 1 is 1.48 bits per heavy atom. The highest BCUT2D eigenvalue weighted by Gasteiger charge is 2.23. The van der Waals surface area contributed by atoms with Crippen LogP contribution in [0.2, 0.25) is 5.15 Å². The predicted octanol–water partition coefficient (Wildman–Crippen LogP) is 3.59. The summed E-state index contributed by atoms with van der Waals surface area (Å²) in [4.78, 5) is 8.16. The molecule has 0 amide bonds. The van der Waals surface area contributed by atoms with Crippen molar-refractivity contribution in [2.75, 3.05) is 32.1 Å². The van der Waals surface area contributed by atoms with Crippen LogP contribution in [-0.2, 0) is 24.2 Å². The highest BCUT2D eigenvalue weighted by atomic mass is 35.5. The summed E-state index contributed by atoms with van der Waals surface area (Å²) in [6.45, 7) is 6.02. The molecule has 1 N–H and O–H groups in total. The smallest absolute Gasteiger partial charge is 0.134 e. The number of aromatic nitrogens is 1. The molecule has 0 aliphatic carbocycles. The Kier molecular flexibility index (Phi) is 5.92. The molecule has 0 bridgehead atoms. The van der Waals surface area contributed by atoms with E-state index in [2.05, 4.69) is 21.3 Å². The summed E-state index contributed by atoms with van der Waals surface area (Å²) in [6, 6.07) is 4.17. The molecule has 0 atom stereocenters. The van der Waals surface area contributed by atoms with E-state index in [9.17, 15) is 0 Å². The molecular formula is C18H21ClN4OS. The van der Waals surface area contributed by atoms with Gasteiger partial charge in [0.2, 0.25) is 0 Å². The van der Waals surface area contributed by atoms with Crippen molar-refractivity contribution in [2.45, 2.75) is 26.4 Å². The van der Waals surface area contributed by atoms with Gasteiger partial charge in [-0.15, -0.1) is 11.3 Å². The third-order valence-corrected chi connectivity index (χ3v) is 5.73. The number of hydrogen-bond donors (Lipinski definition) is 1. The molecule has 1 aliphatic heterocycles. The molecule has 3 rings (SSSR count). The number of pyridine rings is 1. The normalized spacial score (nSPS) is 14.2. The molecule has 0 fully saturated rings. The zero-order chi connectivity index (χ0) is 17.8. The summed E-state index contributed by atoms with van der Waals surface area (Å²) in [7, 11) is 1.69. The topological polar surface area (TPSA) is 61.2 Å². The number of methoxy groups -OCH3 is 1. The highest BCUT2D eigenvalue weighted by Crippen LogP contribution is 2.32. The van der Waals surface area contributed by atoms with Crippen LogP contribution < -0.4 is 5.32 Å². The SMILES string of the molecule is COCCNc1nc(Cl)c(C)c2c1CN(Cc1cc(C#N)cs1)CC2. The summed E-state index contributed by atoms with van der Waals surface area (Å²) in [6.07, 6.45) is 0.957. The van der Waals surface area contributed by atoms with Crippen molar-refractivity contribution in [1.82, 2.24) is 9.88 Å². The number of rotatable bonds is 6. The van der Waals surface area contributed by atoms with Gasteiger partial charge in [-0.3, -0.25) is 4.90 Å². The van der Waals surface area contributed by atoms with Crippen molar-refractivity contribution in [3.63, 3.8) is 0 Å². The van der Waals surface area contributed by atoms with Gasteiger partial charge >= 0.3 is 0 Å². The van der Waals surface area contributed by atoms with Gasteiger partial charge in [0.1, 0.15) is 17.0 Å². The molecule has 0 unspecified atom stereocenters. The van der Waals surface area contributed by atoms with Crippen LogP contribution in [0.3, 0.4) is 0 Å². The summed E-state index contributed by atoms with van der Waals surface area (Å²) >= 11 is 7.97. The molecule has 2 aromatic heterocycles. The molecule has 25 heavy (non-hydrogen) atoms. The standard InChI is InChI=1S/C18H21ClN4OS/c1-12-15-3-5-23(9-14-7-13(8-20)11-25-14)10-16(15)18(22-17(12)19)21-4-6-24-2/h7,11H,3-6,9-10H2,1-2H3,(H,21,22). The van der Waals surface area contributed by atoms with Crippen LogP contribution >= 0.6 is 22.9 Å². The summed E-state index contributed by atoms with van der Waals surface area (Å²) < 4.78 is 5.12. The summed E-state index contributed by atoms with van der Waals surface area (Å²) in [5, 5.41) is 14.8. The Labute approximate surface area is 157 Å². The van der Waals surface area contributed by atoms with Crippen molar-refractivity contribution < 1.29 is 4.74 Å². The van der Waals surface area contributed by atoms with E-state index in [1.807, 2.05) is 18.4 Å². The monoisotopic (exact) mass is 376 g/mol. The minimum Gasteiger partial charge on any atom is -0.383 e. The Bertz CT molecular complexity index is 799. The van der Waals surface area contributed by atoms with Gasteiger partial charge in [-0.2, -0.15) is 5.26 Å². The number of anilines is 1. The Balaban J connectivity index is 1.80. The fourth-order valence-corrected chi connectivity index (χ4v) is 4.17. The molecule has 0 spiro atoms. The van der Waals surface area contributed by atoms with Gasteiger partial charge in [-0.25, -0.2) is 4.98 Å². The average Bonchev–Trinajstić information content (AvgIpc) is 3.07. The van der Waals surface area contributed by atoms with Gasteiger partial charge in [0.15, 0.2) is 0 Å². The lowest BCUT2D eigenvalue weighted by molar-refractivity contribution is 0.210. The first-order valence-electron chi connectivity index (χ1n) is 8.23. The molecule has 132 valence electrons. The summed E-state index contributed by atoms with van der Waals surface area (Å²) in [5.41, 5.74) is 4.35. The second-order valence-corrected chi connectivity index (χ2v) is 7.48. The second kappa shape index (κ2) is 8.15. The number of nitrogens with one attached hydrogen (secondary N) is 1. The van der Waals surface area contributed by atoms with Crippen LogP contribution in [0, 0.1) is 18.3 Å². The summed E-state index contributed by atoms with van der Waals surface area (Å²) in [5.74, 6) is 0.858. The average molecular weight is 377 g/mol. The van der Waals surface area contributed by atoms with Crippen LogP contribution in [0.1, 0.15) is 27.1 Å². The first kappa shape index (κ1) is 18.2. The molecule has 5 nitrogen and oxygen atoms in total. The molecule has 0 radical (unpaired) electrons. The molecular weight excluding hydrogens is 356 g/mol. The van der Waals surface area contributed by atoms with Crippen LogP contribution in [-0.4, -0.2) is 36.7 Å². The van der Waals surface area contributed by atoms with Gasteiger partial charge in [-0.05, 0) is 30.5 Å². The molecule has 1 aliphatic rings. The zero-order valence-electron chi connectivity index (χ0n) is 14.4. The number of nitrogens with zero attached hydrogens (tertiary/aromatic N) is 3. The molecule has 0 aromatic carbocycles. The maximum Gasteiger partial charge on any atom is 0.134 e. The van der Waals surface area contributed by atoms with E-state index in [1.165, 1.54) is 16.0 Å². The molecule has 0 saturated heterocycles. The van der Waals surface area contributed by atoms with Crippen molar-refractivity contribution in [2.24, 2.45) is 0 Å². The first-order valence-corrected chi connectivity index (χ1v) is 9.48. The number of fused-ring (bicyclic) bond motifs is 1. The quantitative estimate of drug-likeness (QED) is 0.616. The Hall–Kier alpha value is -1.65. The first-order chi connectivity index (χ1) is 12.1. The lowest BCUT2D eigenvalue weighted by Crippen LogP contribution is -2.31. The number of thiophene rings is 1. The minimum absolute atomic E-state index is 0.573. The Morgan fingerprint density at radius 2 is 2.32 bits per heavy atom. The van der Waals surface area contributed by atoms with E-state index in [1.54, 1.807) is 18.4 Å². The van der Waals surface area contributed by atoms with E-state index in [0.29, 0.717) is 18.3 Å². The molecule has 7 heteroatoms. The van der Waals surface area contributed by atoms with Gasteiger partial charge in [0, 0.05) is 49.1 Å². The van der Waals surface area contributed by atoms with E-state index in [0.717, 1.165) is 43.0 Å². The van der Waals surface area contributed by atoms with E-state index in [-0.39, 0.29) is 0 Å². The van der Waals surface area contributed by atoms with Gasteiger partial charge in [0.05, 0.1) is 12.2 Å². The maximum atomic E-state index is 8.99. The number of ether oxygens (including phenoxy) is 1. The highest BCUT2D eigenvalue weighted by molar-refractivity contribution is 7.10. The van der Waals surface area contributed by atoms with Crippen LogP contribution in [0.5, 0.6) is 0 Å². The van der Waals surface area contributed by atoms with E-state index >= 15 is 0 Å². The minimum atomic E-state index is 0.573. The third kappa shape index (κ3) is 4.13. The number of nitriles is 1. The lowest BCUT2D eigenvalue weighted by Gasteiger charge is -2.31. The molecule has 2 aromatic rings. The van der Waals surface area contributed by atoms with Gasteiger partial charge in [0.25, 0.3) is 0 Å². The van der Waals surface area contributed by atoms with Crippen LogP contribution in [0.25, 0.3) is 0 Å². The predicted molar refractivity (Wildman–Crippen MR) is 101 cm³/mol. The fourth-order valence-electron chi connectivity index (χ4n) is 3.12.